The number of hydrogen-bond acceptors (Lipinski definition) is 3. The molecule has 1 aromatic rings. The molecule has 0 aliphatic carbocycles. The van der Waals surface area contributed by atoms with Crippen LogP contribution in [0.2, 0.25) is 0 Å². The fourth-order valence-corrected chi connectivity index (χ4v) is 1.04. The van der Waals surface area contributed by atoms with Crippen molar-refractivity contribution in [3.63, 3.8) is 0 Å². The maximum Gasteiger partial charge on any atom is 0.308 e. The highest BCUT2D eigenvalue weighted by molar-refractivity contribution is 5.69. The number of carbonyl (C=O) groups is 1. The number of rotatable bonds is 3. The zero-order valence-electron chi connectivity index (χ0n) is 7.93. The zero-order chi connectivity index (χ0) is 10.4. The minimum absolute atomic E-state index is 0.00219. The van der Waals surface area contributed by atoms with Crippen molar-refractivity contribution in [2.45, 2.75) is 6.92 Å². The molecule has 1 N–H and O–H groups in total. The van der Waals surface area contributed by atoms with Crippen LogP contribution in [0.1, 0.15) is 12.5 Å². The molecule has 0 saturated carbocycles. The number of hydrogen-bond donors (Lipinski definition) is 1. The SMILES string of the molecule is CC(=O)Oc1cccc(C=CCO)c1. The number of aliphatic hydroxyl groups is 1. The Kier molecular flexibility index (Phi) is 3.88. The number of aliphatic hydroxyl groups excluding tert-OH is 1. The lowest BCUT2D eigenvalue weighted by molar-refractivity contribution is -0.131. The van der Waals surface area contributed by atoms with Crippen LogP contribution in [0.4, 0.5) is 0 Å². The van der Waals surface area contributed by atoms with E-state index in [1.54, 1.807) is 30.4 Å². The van der Waals surface area contributed by atoms with E-state index < -0.39 is 0 Å². The maximum absolute atomic E-state index is 10.7. The largest absolute Gasteiger partial charge is 0.427 e. The molecule has 3 nitrogen and oxygen atoms in total. The summed E-state index contributed by atoms with van der Waals surface area (Å²) >= 11 is 0. The fraction of sp³-hybridized carbons (Fsp3) is 0.182. The summed E-state index contributed by atoms with van der Waals surface area (Å²) in [5.74, 6) is 0.172. The van der Waals surface area contributed by atoms with Gasteiger partial charge in [0.15, 0.2) is 0 Å². The van der Waals surface area contributed by atoms with Gasteiger partial charge in [-0.25, -0.2) is 0 Å². The standard InChI is InChI=1S/C11H12O3/c1-9(13)14-11-6-2-4-10(8-11)5-3-7-12/h2-6,8,12H,7H2,1H3. The highest BCUT2D eigenvalue weighted by Crippen LogP contribution is 2.14. The second-order valence-electron chi connectivity index (χ2n) is 2.75. The first-order valence-corrected chi connectivity index (χ1v) is 4.28. The van der Waals surface area contributed by atoms with E-state index in [1.807, 2.05) is 6.07 Å². The predicted molar refractivity (Wildman–Crippen MR) is 53.9 cm³/mol. The second kappa shape index (κ2) is 5.19. The lowest BCUT2D eigenvalue weighted by atomic mass is 10.2. The van der Waals surface area contributed by atoms with Crippen LogP contribution in [0, 0.1) is 0 Å². The average molecular weight is 192 g/mol. The average Bonchev–Trinajstić information content (AvgIpc) is 2.14. The van der Waals surface area contributed by atoms with Crippen LogP contribution >= 0.6 is 0 Å². The Morgan fingerprint density at radius 1 is 1.57 bits per heavy atom. The van der Waals surface area contributed by atoms with E-state index in [2.05, 4.69) is 0 Å². The third-order valence-electron chi connectivity index (χ3n) is 1.54. The minimum atomic E-state index is -0.340. The van der Waals surface area contributed by atoms with E-state index in [0.29, 0.717) is 5.75 Å². The molecule has 0 bridgehead atoms. The molecular formula is C11H12O3. The molecule has 1 aromatic carbocycles. The van der Waals surface area contributed by atoms with Crippen molar-refractivity contribution in [3.05, 3.63) is 35.9 Å². The van der Waals surface area contributed by atoms with Crippen molar-refractivity contribution in [1.29, 1.82) is 0 Å². The van der Waals surface area contributed by atoms with Gasteiger partial charge in [-0.3, -0.25) is 4.79 Å². The molecule has 0 spiro atoms. The van der Waals surface area contributed by atoms with E-state index in [0.717, 1.165) is 5.56 Å². The van der Waals surface area contributed by atoms with Crippen LogP contribution in [0.15, 0.2) is 30.3 Å². The van der Waals surface area contributed by atoms with Crippen molar-refractivity contribution in [2.24, 2.45) is 0 Å². The van der Waals surface area contributed by atoms with Gasteiger partial charge in [-0.05, 0) is 17.7 Å². The Labute approximate surface area is 82.6 Å². The first kappa shape index (κ1) is 10.5. The summed E-state index contributed by atoms with van der Waals surface area (Å²) in [4.78, 5) is 10.7. The lowest BCUT2D eigenvalue weighted by Crippen LogP contribution is -2.00. The molecule has 1 rings (SSSR count). The Hall–Kier alpha value is -1.61. The van der Waals surface area contributed by atoms with Crippen molar-refractivity contribution in [3.8, 4) is 5.75 Å². The molecule has 0 heterocycles. The third-order valence-corrected chi connectivity index (χ3v) is 1.54. The molecule has 14 heavy (non-hydrogen) atoms. The second-order valence-corrected chi connectivity index (χ2v) is 2.75. The maximum atomic E-state index is 10.7. The van der Waals surface area contributed by atoms with Crippen LogP contribution in [-0.2, 0) is 4.79 Å². The quantitative estimate of drug-likeness (QED) is 0.584. The van der Waals surface area contributed by atoms with Gasteiger partial charge < -0.3 is 9.84 Å². The first-order chi connectivity index (χ1) is 6.72. The van der Waals surface area contributed by atoms with Crippen LogP contribution in [0.25, 0.3) is 6.08 Å². The Morgan fingerprint density at radius 3 is 3.00 bits per heavy atom. The summed E-state index contributed by atoms with van der Waals surface area (Å²) in [6.45, 7) is 1.36. The number of benzene rings is 1. The first-order valence-electron chi connectivity index (χ1n) is 4.28. The Bertz CT molecular complexity index is 342. The van der Waals surface area contributed by atoms with E-state index in [-0.39, 0.29) is 12.6 Å². The zero-order valence-corrected chi connectivity index (χ0v) is 7.93. The van der Waals surface area contributed by atoms with Crippen molar-refractivity contribution < 1.29 is 14.6 Å². The highest BCUT2D eigenvalue weighted by Gasteiger charge is 1.97. The van der Waals surface area contributed by atoms with Crippen molar-refractivity contribution >= 4 is 12.0 Å². The van der Waals surface area contributed by atoms with Crippen molar-refractivity contribution in [2.75, 3.05) is 6.61 Å². The Morgan fingerprint density at radius 2 is 2.36 bits per heavy atom. The molecule has 0 atom stereocenters. The number of carbonyl (C=O) groups excluding carboxylic acids is 1. The molecule has 0 aromatic heterocycles. The molecule has 3 heteroatoms. The third kappa shape index (κ3) is 3.41. The van der Waals surface area contributed by atoms with Gasteiger partial charge in [-0.15, -0.1) is 0 Å². The van der Waals surface area contributed by atoms with Gasteiger partial charge in [0, 0.05) is 6.92 Å². The van der Waals surface area contributed by atoms with Crippen LogP contribution < -0.4 is 4.74 Å². The molecule has 0 saturated heterocycles. The summed E-state index contributed by atoms with van der Waals surface area (Å²) < 4.78 is 4.90. The lowest BCUT2D eigenvalue weighted by Gasteiger charge is -2.01. The van der Waals surface area contributed by atoms with Gasteiger partial charge in [-0.2, -0.15) is 0 Å². The van der Waals surface area contributed by atoms with E-state index in [1.165, 1.54) is 6.92 Å². The van der Waals surface area contributed by atoms with Gasteiger partial charge in [0.25, 0.3) is 0 Å². The topological polar surface area (TPSA) is 46.5 Å². The highest BCUT2D eigenvalue weighted by atomic mass is 16.5. The fourth-order valence-electron chi connectivity index (χ4n) is 1.04. The van der Waals surface area contributed by atoms with Gasteiger partial charge >= 0.3 is 5.97 Å². The molecule has 0 amide bonds. The molecule has 74 valence electrons. The molecule has 0 fully saturated rings. The molecule has 0 unspecified atom stereocenters. The van der Waals surface area contributed by atoms with Crippen LogP contribution in [0.5, 0.6) is 5.75 Å². The van der Waals surface area contributed by atoms with Crippen LogP contribution in [0.3, 0.4) is 0 Å². The van der Waals surface area contributed by atoms with E-state index in [4.69, 9.17) is 9.84 Å². The molecule has 0 aliphatic heterocycles. The van der Waals surface area contributed by atoms with E-state index in [9.17, 15) is 4.79 Å². The summed E-state index contributed by atoms with van der Waals surface area (Å²) in [6.07, 6.45) is 3.37. The van der Waals surface area contributed by atoms with E-state index >= 15 is 0 Å². The van der Waals surface area contributed by atoms with Gasteiger partial charge in [0.1, 0.15) is 5.75 Å². The van der Waals surface area contributed by atoms with Crippen LogP contribution in [-0.4, -0.2) is 17.7 Å². The number of esters is 1. The van der Waals surface area contributed by atoms with Gasteiger partial charge in [-0.1, -0.05) is 24.3 Å². The van der Waals surface area contributed by atoms with Gasteiger partial charge in [0.2, 0.25) is 0 Å². The smallest absolute Gasteiger partial charge is 0.308 e. The predicted octanol–water partition coefficient (Wildman–Crippen LogP) is 1.62. The molecule has 0 radical (unpaired) electrons. The molecular weight excluding hydrogens is 180 g/mol. The van der Waals surface area contributed by atoms with Gasteiger partial charge in [0.05, 0.1) is 6.61 Å². The summed E-state index contributed by atoms with van der Waals surface area (Å²) in [5.41, 5.74) is 0.887. The Balaban J connectivity index is 2.78. The summed E-state index contributed by atoms with van der Waals surface area (Å²) in [6, 6.07) is 7.08. The number of ether oxygens (including phenoxy) is 1. The normalized spacial score (nSPS) is 10.4. The minimum Gasteiger partial charge on any atom is -0.427 e. The molecule has 0 aliphatic rings. The summed E-state index contributed by atoms with van der Waals surface area (Å²) in [7, 11) is 0. The van der Waals surface area contributed by atoms with Crippen molar-refractivity contribution in [1.82, 2.24) is 0 Å². The monoisotopic (exact) mass is 192 g/mol. The summed E-state index contributed by atoms with van der Waals surface area (Å²) in [5, 5.41) is 8.57.